The van der Waals surface area contributed by atoms with E-state index in [0.717, 1.165) is 0 Å². The molecule has 0 aliphatic heterocycles. The lowest BCUT2D eigenvalue weighted by Crippen LogP contribution is -2.21. The van der Waals surface area contributed by atoms with Crippen molar-refractivity contribution in [1.82, 2.24) is 4.90 Å². The molecule has 0 rings (SSSR count). The summed E-state index contributed by atoms with van der Waals surface area (Å²) in [5.74, 6) is 0. The van der Waals surface area contributed by atoms with E-state index in [1.807, 2.05) is 0 Å². The van der Waals surface area contributed by atoms with E-state index in [2.05, 4.69) is 31.4 Å². The van der Waals surface area contributed by atoms with Crippen LogP contribution >= 0.6 is 7.60 Å². The fourth-order valence-electron chi connectivity index (χ4n) is 0.671. The maximum absolute atomic E-state index is 9.57. The van der Waals surface area contributed by atoms with Gasteiger partial charge in [-0.1, -0.05) is 20.8 Å². The van der Waals surface area contributed by atoms with E-state index in [1.54, 1.807) is 0 Å². The first kappa shape index (κ1) is 15.5. The second-order valence-electron chi connectivity index (χ2n) is 2.47. The summed E-state index contributed by atoms with van der Waals surface area (Å²) in [6, 6.07) is 0. The number of nitrogens with two attached hydrogens (primary N) is 1. The Balaban J connectivity index is 0. The van der Waals surface area contributed by atoms with Crippen LogP contribution in [0.3, 0.4) is 0 Å². The first-order chi connectivity index (χ1) is 5.91. The fourth-order valence-corrected chi connectivity index (χ4v) is 0.671. The van der Waals surface area contributed by atoms with E-state index in [-0.39, 0.29) is 0 Å². The van der Waals surface area contributed by atoms with Crippen molar-refractivity contribution in [3.05, 3.63) is 0 Å². The van der Waals surface area contributed by atoms with Crippen LogP contribution in [0.2, 0.25) is 0 Å². The largest absolute Gasteiger partial charge is 0.338 e. The van der Waals surface area contributed by atoms with Crippen molar-refractivity contribution in [2.75, 3.05) is 25.9 Å². The average Bonchev–Trinajstić information content (AvgIpc) is 2.07. The Bertz CT molecular complexity index is 139. The van der Waals surface area contributed by atoms with Gasteiger partial charge in [0.05, 0.1) is 6.29 Å². The summed E-state index contributed by atoms with van der Waals surface area (Å²) in [5, 5.41) is 0. The molecule has 0 aliphatic rings. The standard InChI is InChI=1S/C6H15N.CH6NO3P/c1-4-7(5-2)6-3;2-1-6(3,4)5/h4-6H2,1-3H3;1-2H2,(H2,3,4,5). The molecular formula is C7H21N2O3P. The highest BCUT2D eigenvalue weighted by atomic mass is 31.2. The summed E-state index contributed by atoms with van der Waals surface area (Å²) in [5.41, 5.74) is 4.54. The van der Waals surface area contributed by atoms with Crippen molar-refractivity contribution in [3.8, 4) is 0 Å². The lowest BCUT2D eigenvalue weighted by atomic mass is 10.5. The third kappa shape index (κ3) is 14.9. The summed E-state index contributed by atoms with van der Waals surface area (Å²) in [6.45, 7) is 10.1. The minimum Gasteiger partial charge on any atom is -0.324 e. The fraction of sp³-hybridized carbons (Fsp3) is 1.00. The molecule has 82 valence electrons. The molecule has 0 aromatic heterocycles. The molecule has 0 saturated carbocycles. The molecule has 0 aromatic rings. The lowest BCUT2D eigenvalue weighted by Gasteiger charge is -2.13. The minimum absolute atomic E-state index is 0.562. The first-order valence-corrected chi connectivity index (χ1v) is 6.17. The van der Waals surface area contributed by atoms with Crippen LogP contribution in [-0.4, -0.2) is 40.6 Å². The van der Waals surface area contributed by atoms with Crippen molar-refractivity contribution in [2.24, 2.45) is 5.73 Å². The van der Waals surface area contributed by atoms with Gasteiger partial charge in [-0.3, -0.25) is 4.57 Å². The number of nitrogens with zero attached hydrogens (tertiary/aromatic N) is 1. The summed E-state index contributed by atoms with van der Waals surface area (Å²) < 4.78 is 9.57. The van der Waals surface area contributed by atoms with Crippen LogP contribution in [0.4, 0.5) is 0 Å². The van der Waals surface area contributed by atoms with Gasteiger partial charge >= 0.3 is 7.60 Å². The van der Waals surface area contributed by atoms with Crippen LogP contribution in [0.5, 0.6) is 0 Å². The molecule has 0 heterocycles. The maximum atomic E-state index is 9.57. The number of hydrogen-bond acceptors (Lipinski definition) is 3. The molecule has 0 saturated heterocycles. The quantitative estimate of drug-likeness (QED) is 0.588. The van der Waals surface area contributed by atoms with Gasteiger partial charge in [0.15, 0.2) is 0 Å². The van der Waals surface area contributed by atoms with Crippen LogP contribution in [0, 0.1) is 0 Å². The third-order valence-corrected chi connectivity index (χ3v) is 2.06. The van der Waals surface area contributed by atoms with Crippen LogP contribution < -0.4 is 5.73 Å². The average molecular weight is 212 g/mol. The molecule has 0 spiro atoms. The number of rotatable bonds is 4. The monoisotopic (exact) mass is 212 g/mol. The Kier molecular flexibility index (Phi) is 10.3. The van der Waals surface area contributed by atoms with Crippen LogP contribution in [0.1, 0.15) is 20.8 Å². The van der Waals surface area contributed by atoms with Gasteiger partial charge in [-0.05, 0) is 19.6 Å². The maximum Gasteiger partial charge on any atom is 0.338 e. The van der Waals surface area contributed by atoms with Gasteiger partial charge in [-0.2, -0.15) is 0 Å². The molecule has 13 heavy (non-hydrogen) atoms. The molecule has 0 amide bonds. The normalized spacial score (nSPS) is 11.0. The van der Waals surface area contributed by atoms with E-state index in [0.29, 0.717) is 0 Å². The highest BCUT2D eigenvalue weighted by Gasteiger charge is 2.05. The van der Waals surface area contributed by atoms with Gasteiger partial charge in [-0.15, -0.1) is 0 Å². The SMILES string of the molecule is CCN(CC)CC.NCP(=O)(O)O. The zero-order chi connectivity index (χ0) is 10.9. The molecule has 0 radical (unpaired) electrons. The molecule has 0 aliphatic carbocycles. The molecular weight excluding hydrogens is 191 g/mol. The van der Waals surface area contributed by atoms with Crippen LogP contribution in [0.15, 0.2) is 0 Å². The minimum atomic E-state index is -3.87. The van der Waals surface area contributed by atoms with Crippen molar-refractivity contribution in [3.63, 3.8) is 0 Å². The Hall–Kier alpha value is 0.0700. The Labute approximate surface area is 80.1 Å². The molecule has 0 bridgehead atoms. The van der Waals surface area contributed by atoms with Gasteiger partial charge < -0.3 is 20.4 Å². The predicted molar refractivity (Wildman–Crippen MR) is 54.6 cm³/mol. The summed E-state index contributed by atoms with van der Waals surface area (Å²) >= 11 is 0. The van der Waals surface area contributed by atoms with E-state index in [4.69, 9.17) is 9.79 Å². The second kappa shape index (κ2) is 8.66. The molecule has 0 fully saturated rings. The Morgan fingerprint density at radius 3 is 1.38 bits per heavy atom. The van der Waals surface area contributed by atoms with Crippen molar-refractivity contribution >= 4 is 7.60 Å². The summed E-state index contributed by atoms with van der Waals surface area (Å²) in [7, 11) is -3.87. The first-order valence-electron chi connectivity index (χ1n) is 4.38. The van der Waals surface area contributed by atoms with Crippen LogP contribution in [-0.2, 0) is 4.57 Å². The zero-order valence-corrected chi connectivity index (χ0v) is 9.50. The number of hydrogen-bond donors (Lipinski definition) is 3. The molecule has 4 N–H and O–H groups in total. The Morgan fingerprint density at radius 2 is 1.38 bits per heavy atom. The lowest BCUT2D eigenvalue weighted by molar-refractivity contribution is 0.321. The Morgan fingerprint density at radius 1 is 1.15 bits per heavy atom. The van der Waals surface area contributed by atoms with E-state index in [1.165, 1.54) is 19.6 Å². The molecule has 5 nitrogen and oxygen atoms in total. The van der Waals surface area contributed by atoms with E-state index < -0.39 is 13.9 Å². The zero-order valence-electron chi connectivity index (χ0n) is 8.60. The van der Waals surface area contributed by atoms with Crippen molar-refractivity contribution in [1.29, 1.82) is 0 Å². The van der Waals surface area contributed by atoms with Gasteiger partial charge in [0.1, 0.15) is 0 Å². The summed E-state index contributed by atoms with van der Waals surface area (Å²) in [6.07, 6.45) is -0.562. The van der Waals surface area contributed by atoms with Gasteiger partial charge in [0.2, 0.25) is 0 Å². The molecule has 0 aromatic carbocycles. The van der Waals surface area contributed by atoms with E-state index >= 15 is 0 Å². The van der Waals surface area contributed by atoms with Crippen molar-refractivity contribution < 1.29 is 14.4 Å². The van der Waals surface area contributed by atoms with Gasteiger partial charge in [0.25, 0.3) is 0 Å². The molecule has 6 heteroatoms. The van der Waals surface area contributed by atoms with Crippen molar-refractivity contribution in [2.45, 2.75) is 20.8 Å². The van der Waals surface area contributed by atoms with E-state index in [9.17, 15) is 4.57 Å². The van der Waals surface area contributed by atoms with Gasteiger partial charge in [-0.25, -0.2) is 0 Å². The highest BCUT2D eigenvalue weighted by Crippen LogP contribution is 2.30. The predicted octanol–water partition coefficient (Wildman–Crippen LogP) is 0.428. The van der Waals surface area contributed by atoms with Gasteiger partial charge in [0, 0.05) is 0 Å². The molecule has 0 atom stereocenters. The van der Waals surface area contributed by atoms with Crippen LogP contribution in [0.25, 0.3) is 0 Å². The topological polar surface area (TPSA) is 86.8 Å². The molecule has 0 unspecified atom stereocenters. The smallest absolute Gasteiger partial charge is 0.324 e. The highest BCUT2D eigenvalue weighted by molar-refractivity contribution is 7.51. The third-order valence-electron chi connectivity index (χ3n) is 1.58. The second-order valence-corrected chi connectivity index (χ2v) is 4.16. The summed E-state index contributed by atoms with van der Waals surface area (Å²) in [4.78, 5) is 18.0.